The molecule has 1 amide bonds. The maximum absolute atomic E-state index is 12.7. The van der Waals surface area contributed by atoms with E-state index in [1.165, 1.54) is 4.31 Å². The first-order chi connectivity index (χ1) is 10.4. The molecular formula is C13H27N5O3S. The fourth-order valence-corrected chi connectivity index (χ4v) is 4.64. The molecule has 2 N–H and O–H groups in total. The molecule has 0 bridgehead atoms. The van der Waals surface area contributed by atoms with E-state index >= 15 is 0 Å². The number of carbonyl (C=O) groups excluding carboxylic acids is 1. The van der Waals surface area contributed by atoms with Crippen molar-refractivity contribution in [3.8, 4) is 0 Å². The molecule has 0 aliphatic carbocycles. The molecule has 2 aliphatic heterocycles. The molecular weight excluding hydrogens is 306 g/mol. The van der Waals surface area contributed by atoms with Crippen LogP contribution in [0.15, 0.2) is 0 Å². The van der Waals surface area contributed by atoms with E-state index in [2.05, 4.69) is 4.90 Å². The summed E-state index contributed by atoms with van der Waals surface area (Å²) in [6, 6.07) is -0.298. The number of hydrogen-bond donors (Lipinski definition) is 1. The van der Waals surface area contributed by atoms with Crippen LogP contribution in [0.2, 0.25) is 0 Å². The maximum atomic E-state index is 12.7. The summed E-state index contributed by atoms with van der Waals surface area (Å²) in [7, 11) is -1.39. The highest BCUT2D eigenvalue weighted by Crippen LogP contribution is 2.16. The zero-order valence-electron chi connectivity index (χ0n) is 13.4. The Morgan fingerprint density at radius 2 is 1.45 bits per heavy atom. The predicted octanol–water partition coefficient (Wildman–Crippen LogP) is -1.64. The van der Waals surface area contributed by atoms with Crippen molar-refractivity contribution < 1.29 is 13.2 Å². The van der Waals surface area contributed by atoms with E-state index in [1.807, 2.05) is 18.9 Å². The lowest BCUT2D eigenvalue weighted by molar-refractivity contribution is -0.123. The number of primary amides is 1. The number of piperazine rings is 2. The molecule has 22 heavy (non-hydrogen) atoms. The van der Waals surface area contributed by atoms with Gasteiger partial charge in [-0.05, 0) is 13.5 Å². The lowest BCUT2D eigenvalue weighted by Crippen LogP contribution is -2.59. The molecule has 1 atom stereocenters. The largest absolute Gasteiger partial charge is 0.368 e. The zero-order valence-corrected chi connectivity index (χ0v) is 14.3. The van der Waals surface area contributed by atoms with Crippen molar-refractivity contribution in [1.29, 1.82) is 0 Å². The Labute approximate surface area is 133 Å². The third kappa shape index (κ3) is 3.77. The summed E-state index contributed by atoms with van der Waals surface area (Å²) in [5.74, 6) is -0.335. The maximum Gasteiger partial charge on any atom is 0.282 e. The molecule has 0 aromatic carbocycles. The molecule has 0 aromatic heterocycles. The van der Waals surface area contributed by atoms with Gasteiger partial charge in [0.1, 0.15) is 0 Å². The normalized spacial score (nSPS) is 25.2. The number of nitrogens with two attached hydrogens (primary N) is 1. The van der Waals surface area contributed by atoms with Crippen molar-refractivity contribution in [2.24, 2.45) is 5.73 Å². The molecule has 0 radical (unpaired) electrons. The number of likely N-dealkylation sites (N-methyl/N-ethyl adjacent to an activating group) is 1. The van der Waals surface area contributed by atoms with Crippen LogP contribution in [0.3, 0.4) is 0 Å². The monoisotopic (exact) mass is 333 g/mol. The molecule has 0 saturated carbocycles. The standard InChI is InChI=1S/C13H27N5O3S/c1-3-12(13(14)19)16-6-10-18(11-7-16)22(20,21)17-8-4-15(2)5-9-17/h12H,3-11H2,1-2H3,(H2,14,19)/t12-/m1/s1. The molecule has 0 aromatic rings. The average molecular weight is 333 g/mol. The fraction of sp³-hybridized carbons (Fsp3) is 0.923. The van der Waals surface area contributed by atoms with Crippen LogP contribution in [-0.4, -0.2) is 98.2 Å². The van der Waals surface area contributed by atoms with E-state index in [0.717, 1.165) is 13.1 Å². The predicted molar refractivity (Wildman–Crippen MR) is 84.4 cm³/mol. The third-order valence-electron chi connectivity index (χ3n) is 4.54. The second-order valence-corrected chi connectivity index (χ2v) is 7.90. The van der Waals surface area contributed by atoms with Gasteiger partial charge in [0.25, 0.3) is 10.2 Å². The summed E-state index contributed by atoms with van der Waals surface area (Å²) in [5, 5.41) is 0. The Morgan fingerprint density at radius 3 is 1.86 bits per heavy atom. The van der Waals surface area contributed by atoms with Gasteiger partial charge in [-0.2, -0.15) is 17.0 Å². The van der Waals surface area contributed by atoms with Gasteiger partial charge >= 0.3 is 0 Å². The van der Waals surface area contributed by atoms with Crippen LogP contribution < -0.4 is 5.73 Å². The van der Waals surface area contributed by atoms with Gasteiger partial charge in [0.2, 0.25) is 5.91 Å². The number of hydrogen-bond acceptors (Lipinski definition) is 5. The van der Waals surface area contributed by atoms with Crippen molar-refractivity contribution in [1.82, 2.24) is 18.4 Å². The second-order valence-electron chi connectivity index (χ2n) is 5.97. The highest BCUT2D eigenvalue weighted by molar-refractivity contribution is 7.86. The molecule has 2 fully saturated rings. The SMILES string of the molecule is CC[C@H](C(N)=O)N1CCN(S(=O)(=O)N2CCN(C)CC2)CC1. The van der Waals surface area contributed by atoms with Gasteiger partial charge < -0.3 is 10.6 Å². The average Bonchev–Trinajstić information content (AvgIpc) is 2.48. The lowest BCUT2D eigenvalue weighted by atomic mass is 10.1. The van der Waals surface area contributed by atoms with Crippen molar-refractivity contribution in [3.63, 3.8) is 0 Å². The molecule has 9 heteroatoms. The summed E-state index contributed by atoms with van der Waals surface area (Å²) in [6.07, 6.45) is 0.653. The van der Waals surface area contributed by atoms with E-state index in [0.29, 0.717) is 45.7 Å². The van der Waals surface area contributed by atoms with Crippen molar-refractivity contribution in [3.05, 3.63) is 0 Å². The van der Waals surface area contributed by atoms with E-state index in [1.54, 1.807) is 4.31 Å². The summed E-state index contributed by atoms with van der Waals surface area (Å²) in [4.78, 5) is 15.5. The van der Waals surface area contributed by atoms with Gasteiger partial charge in [0.05, 0.1) is 6.04 Å². The molecule has 0 spiro atoms. The summed E-state index contributed by atoms with van der Waals surface area (Å²) >= 11 is 0. The number of nitrogens with zero attached hydrogens (tertiary/aromatic N) is 4. The molecule has 2 heterocycles. The summed E-state index contributed by atoms with van der Waals surface area (Å²) in [5.41, 5.74) is 5.40. The van der Waals surface area contributed by atoms with E-state index in [-0.39, 0.29) is 11.9 Å². The number of carbonyl (C=O) groups is 1. The quantitative estimate of drug-likeness (QED) is 0.652. The van der Waals surface area contributed by atoms with Gasteiger partial charge in [-0.15, -0.1) is 0 Å². The second kappa shape index (κ2) is 7.22. The Morgan fingerprint density at radius 1 is 1.00 bits per heavy atom. The Kier molecular flexibility index (Phi) is 5.78. The van der Waals surface area contributed by atoms with Gasteiger partial charge in [-0.25, -0.2) is 0 Å². The van der Waals surface area contributed by atoms with E-state index in [4.69, 9.17) is 5.73 Å². The van der Waals surface area contributed by atoms with Gasteiger partial charge in [-0.3, -0.25) is 9.69 Å². The Hall–Kier alpha value is -0.740. The van der Waals surface area contributed by atoms with Gasteiger partial charge in [-0.1, -0.05) is 6.92 Å². The molecule has 0 unspecified atom stereocenters. The van der Waals surface area contributed by atoms with Crippen LogP contribution >= 0.6 is 0 Å². The molecule has 128 valence electrons. The van der Waals surface area contributed by atoms with Crippen molar-refractivity contribution in [2.45, 2.75) is 19.4 Å². The lowest BCUT2D eigenvalue weighted by Gasteiger charge is -2.40. The minimum absolute atomic E-state index is 0.298. The number of amides is 1. The Bertz CT molecular complexity index is 482. The van der Waals surface area contributed by atoms with Crippen LogP contribution in [0.1, 0.15) is 13.3 Å². The third-order valence-corrected chi connectivity index (χ3v) is 6.58. The van der Waals surface area contributed by atoms with E-state index in [9.17, 15) is 13.2 Å². The Balaban J connectivity index is 1.94. The topological polar surface area (TPSA) is 90.2 Å². The van der Waals surface area contributed by atoms with Crippen LogP contribution in [0.5, 0.6) is 0 Å². The van der Waals surface area contributed by atoms with Crippen LogP contribution in [0.4, 0.5) is 0 Å². The molecule has 2 rings (SSSR count). The molecule has 8 nitrogen and oxygen atoms in total. The first-order valence-electron chi connectivity index (χ1n) is 7.83. The highest BCUT2D eigenvalue weighted by atomic mass is 32.2. The van der Waals surface area contributed by atoms with Crippen LogP contribution in [-0.2, 0) is 15.0 Å². The van der Waals surface area contributed by atoms with Gasteiger partial charge in [0.15, 0.2) is 0 Å². The smallest absolute Gasteiger partial charge is 0.282 e. The van der Waals surface area contributed by atoms with Gasteiger partial charge in [0, 0.05) is 52.4 Å². The first kappa shape index (κ1) is 17.6. The summed E-state index contributed by atoms with van der Waals surface area (Å²) in [6.45, 7) is 6.45. The zero-order chi connectivity index (χ0) is 16.3. The first-order valence-corrected chi connectivity index (χ1v) is 9.23. The van der Waals surface area contributed by atoms with Crippen molar-refractivity contribution >= 4 is 16.1 Å². The summed E-state index contributed by atoms with van der Waals surface area (Å²) < 4.78 is 28.4. The number of rotatable bonds is 5. The van der Waals surface area contributed by atoms with Crippen LogP contribution in [0.25, 0.3) is 0 Å². The fourth-order valence-electron chi connectivity index (χ4n) is 3.07. The molecule has 2 saturated heterocycles. The van der Waals surface area contributed by atoms with Crippen LogP contribution in [0, 0.1) is 0 Å². The van der Waals surface area contributed by atoms with E-state index < -0.39 is 10.2 Å². The molecule has 2 aliphatic rings. The minimum Gasteiger partial charge on any atom is -0.368 e. The highest BCUT2D eigenvalue weighted by Gasteiger charge is 2.35. The van der Waals surface area contributed by atoms with Crippen molar-refractivity contribution in [2.75, 3.05) is 59.4 Å². The minimum atomic E-state index is -3.39.